The molecule has 1 aliphatic rings. The summed E-state index contributed by atoms with van der Waals surface area (Å²) in [6, 6.07) is 5.85. The number of ether oxygens (including phenoxy) is 2. The molecule has 1 aromatic heterocycles. The average Bonchev–Trinajstić information content (AvgIpc) is 3.24. The van der Waals surface area contributed by atoms with E-state index in [0.29, 0.717) is 17.9 Å². The summed E-state index contributed by atoms with van der Waals surface area (Å²) in [4.78, 5) is 14.8. The molecule has 1 aromatic carbocycles. The number of methoxy groups -OCH3 is 2. The van der Waals surface area contributed by atoms with Crippen molar-refractivity contribution in [1.82, 2.24) is 14.7 Å². The summed E-state index contributed by atoms with van der Waals surface area (Å²) in [5, 5.41) is 4.35. The number of likely N-dealkylation sites (tertiary alicyclic amines) is 1. The molecule has 1 aliphatic heterocycles. The van der Waals surface area contributed by atoms with Gasteiger partial charge in [0.25, 0.3) is 0 Å². The third kappa shape index (κ3) is 3.95. The summed E-state index contributed by atoms with van der Waals surface area (Å²) in [6.45, 7) is 3.60. The maximum absolute atomic E-state index is 12.8. The molecule has 0 saturated carbocycles. The van der Waals surface area contributed by atoms with Crippen molar-refractivity contribution in [2.75, 3.05) is 20.8 Å². The fraction of sp³-hybridized carbons (Fsp3) is 0.474. The van der Waals surface area contributed by atoms with Crippen molar-refractivity contribution >= 4 is 5.91 Å². The van der Waals surface area contributed by atoms with Crippen LogP contribution >= 0.6 is 0 Å². The van der Waals surface area contributed by atoms with Crippen LogP contribution in [0.1, 0.15) is 24.0 Å². The zero-order valence-corrected chi connectivity index (χ0v) is 15.1. The molecule has 25 heavy (non-hydrogen) atoms. The number of carbonyl (C=O) groups excluding carboxylic acids is 1. The van der Waals surface area contributed by atoms with E-state index in [0.717, 1.165) is 37.1 Å². The van der Waals surface area contributed by atoms with Crippen molar-refractivity contribution in [3.05, 3.63) is 41.7 Å². The van der Waals surface area contributed by atoms with Crippen LogP contribution in [0.15, 0.2) is 30.6 Å². The molecule has 2 aromatic rings. The average molecular weight is 343 g/mol. The lowest BCUT2D eigenvalue weighted by molar-refractivity contribution is -0.131. The zero-order valence-electron chi connectivity index (χ0n) is 15.1. The molecule has 3 rings (SSSR count). The summed E-state index contributed by atoms with van der Waals surface area (Å²) in [7, 11) is 3.21. The van der Waals surface area contributed by atoms with Gasteiger partial charge in [-0.05, 0) is 43.0 Å². The first kappa shape index (κ1) is 17.3. The third-order valence-electron chi connectivity index (χ3n) is 4.66. The predicted octanol–water partition coefficient (Wildman–Crippen LogP) is 2.44. The number of benzene rings is 1. The van der Waals surface area contributed by atoms with Gasteiger partial charge in [0.1, 0.15) is 0 Å². The molecule has 1 atom stereocenters. The van der Waals surface area contributed by atoms with Gasteiger partial charge in [0.2, 0.25) is 5.91 Å². The van der Waals surface area contributed by atoms with Crippen LogP contribution in [0.3, 0.4) is 0 Å². The molecule has 1 fully saturated rings. The van der Waals surface area contributed by atoms with Gasteiger partial charge in [-0.3, -0.25) is 9.48 Å². The summed E-state index contributed by atoms with van der Waals surface area (Å²) in [5.74, 6) is 1.48. The first-order valence-corrected chi connectivity index (χ1v) is 8.60. The Morgan fingerprint density at radius 1 is 1.28 bits per heavy atom. The van der Waals surface area contributed by atoms with E-state index >= 15 is 0 Å². The van der Waals surface area contributed by atoms with E-state index in [1.165, 1.54) is 0 Å². The third-order valence-corrected chi connectivity index (χ3v) is 4.66. The Hall–Kier alpha value is -2.50. The summed E-state index contributed by atoms with van der Waals surface area (Å²) in [6.07, 6.45) is 6.31. The maximum atomic E-state index is 12.8. The molecule has 1 amide bonds. The smallest absolute Gasteiger partial charge is 0.227 e. The maximum Gasteiger partial charge on any atom is 0.227 e. The van der Waals surface area contributed by atoms with Gasteiger partial charge in [0.05, 0.1) is 39.4 Å². The molecule has 0 bridgehead atoms. The van der Waals surface area contributed by atoms with Crippen LogP contribution in [0.5, 0.6) is 11.5 Å². The van der Waals surface area contributed by atoms with Crippen LogP contribution in [0.2, 0.25) is 0 Å². The van der Waals surface area contributed by atoms with E-state index in [4.69, 9.17) is 9.47 Å². The molecule has 0 radical (unpaired) electrons. The standard InChI is InChI=1S/C19H25N3O3/c1-14-11-20-21(12-14)13-16-5-4-8-22(16)19(23)10-15-6-7-17(24-2)18(9-15)25-3/h6-7,9,11-12,16H,4-5,8,10,13H2,1-3H3/t16-/m0/s1. The lowest BCUT2D eigenvalue weighted by Gasteiger charge is -2.25. The van der Waals surface area contributed by atoms with E-state index < -0.39 is 0 Å². The van der Waals surface area contributed by atoms with Gasteiger partial charge in [-0.15, -0.1) is 0 Å². The number of aromatic nitrogens is 2. The largest absolute Gasteiger partial charge is 0.493 e. The van der Waals surface area contributed by atoms with Gasteiger partial charge >= 0.3 is 0 Å². The molecular formula is C19H25N3O3. The Morgan fingerprint density at radius 2 is 2.08 bits per heavy atom. The van der Waals surface area contributed by atoms with Crippen LogP contribution in [0.25, 0.3) is 0 Å². The SMILES string of the molecule is COc1ccc(CC(=O)N2CCC[C@H]2Cn2cc(C)cn2)cc1OC. The highest BCUT2D eigenvalue weighted by atomic mass is 16.5. The Balaban J connectivity index is 1.67. The summed E-state index contributed by atoms with van der Waals surface area (Å²) >= 11 is 0. The van der Waals surface area contributed by atoms with Gasteiger partial charge in [0, 0.05) is 12.7 Å². The minimum absolute atomic E-state index is 0.151. The van der Waals surface area contributed by atoms with E-state index in [9.17, 15) is 4.79 Å². The fourth-order valence-corrected chi connectivity index (χ4v) is 3.40. The Bertz CT molecular complexity index is 741. The predicted molar refractivity (Wildman–Crippen MR) is 94.9 cm³/mol. The summed E-state index contributed by atoms with van der Waals surface area (Å²) < 4.78 is 12.5. The molecule has 0 spiro atoms. The zero-order chi connectivity index (χ0) is 17.8. The lowest BCUT2D eigenvalue weighted by Crippen LogP contribution is -2.39. The van der Waals surface area contributed by atoms with Crippen LogP contribution in [0, 0.1) is 6.92 Å². The van der Waals surface area contributed by atoms with E-state index in [-0.39, 0.29) is 11.9 Å². The molecule has 1 saturated heterocycles. The molecule has 2 heterocycles. The molecule has 0 unspecified atom stereocenters. The van der Waals surface area contributed by atoms with Crippen LogP contribution in [0.4, 0.5) is 0 Å². The monoisotopic (exact) mass is 343 g/mol. The molecule has 134 valence electrons. The normalized spacial score (nSPS) is 16.9. The molecular weight excluding hydrogens is 318 g/mol. The quantitative estimate of drug-likeness (QED) is 0.808. The highest BCUT2D eigenvalue weighted by Crippen LogP contribution is 2.28. The van der Waals surface area contributed by atoms with Crippen molar-refractivity contribution in [3.63, 3.8) is 0 Å². The van der Waals surface area contributed by atoms with Gasteiger partial charge in [0.15, 0.2) is 11.5 Å². The number of aryl methyl sites for hydroxylation is 1. The second kappa shape index (κ2) is 7.59. The number of amides is 1. The number of carbonyl (C=O) groups is 1. The van der Waals surface area contributed by atoms with Crippen molar-refractivity contribution in [3.8, 4) is 11.5 Å². The van der Waals surface area contributed by atoms with E-state index in [2.05, 4.69) is 5.10 Å². The van der Waals surface area contributed by atoms with Crippen molar-refractivity contribution < 1.29 is 14.3 Å². The Kier molecular flexibility index (Phi) is 5.26. The van der Waals surface area contributed by atoms with Gasteiger partial charge in [-0.2, -0.15) is 5.10 Å². The number of hydrogen-bond donors (Lipinski definition) is 0. The lowest BCUT2D eigenvalue weighted by atomic mass is 10.1. The van der Waals surface area contributed by atoms with Crippen LogP contribution in [-0.4, -0.2) is 47.4 Å². The second-order valence-corrected chi connectivity index (χ2v) is 6.49. The van der Waals surface area contributed by atoms with Crippen molar-refractivity contribution in [1.29, 1.82) is 0 Å². The number of hydrogen-bond acceptors (Lipinski definition) is 4. The number of rotatable bonds is 6. The van der Waals surface area contributed by atoms with Crippen LogP contribution < -0.4 is 9.47 Å². The highest BCUT2D eigenvalue weighted by Gasteiger charge is 2.29. The minimum Gasteiger partial charge on any atom is -0.493 e. The number of nitrogens with zero attached hydrogens (tertiary/aromatic N) is 3. The topological polar surface area (TPSA) is 56.6 Å². The summed E-state index contributed by atoms with van der Waals surface area (Å²) in [5.41, 5.74) is 2.07. The first-order chi connectivity index (χ1) is 12.1. The van der Waals surface area contributed by atoms with E-state index in [1.807, 2.05) is 47.1 Å². The Labute approximate surface area is 148 Å². The van der Waals surface area contributed by atoms with Gasteiger partial charge in [-0.1, -0.05) is 6.07 Å². The van der Waals surface area contributed by atoms with Gasteiger partial charge in [-0.25, -0.2) is 0 Å². The second-order valence-electron chi connectivity index (χ2n) is 6.49. The van der Waals surface area contributed by atoms with Crippen molar-refractivity contribution in [2.24, 2.45) is 0 Å². The van der Waals surface area contributed by atoms with Crippen LogP contribution in [-0.2, 0) is 17.8 Å². The van der Waals surface area contributed by atoms with Gasteiger partial charge < -0.3 is 14.4 Å². The first-order valence-electron chi connectivity index (χ1n) is 8.60. The molecule has 6 heteroatoms. The van der Waals surface area contributed by atoms with Crippen molar-refractivity contribution in [2.45, 2.75) is 38.8 Å². The molecule has 0 aliphatic carbocycles. The molecule has 6 nitrogen and oxygen atoms in total. The Morgan fingerprint density at radius 3 is 2.76 bits per heavy atom. The minimum atomic E-state index is 0.151. The van der Waals surface area contributed by atoms with E-state index in [1.54, 1.807) is 14.2 Å². The molecule has 0 N–H and O–H groups in total. The fourth-order valence-electron chi connectivity index (χ4n) is 3.40. The highest BCUT2D eigenvalue weighted by molar-refractivity contribution is 5.79.